The molecule has 0 saturated heterocycles. The number of benzene rings is 2. The first-order valence-electron chi connectivity index (χ1n) is 6.13. The third-order valence-corrected chi connectivity index (χ3v) is 2.64. The second-order valence-corrected chi connectivity index (χ2v) is 4.22. The molecule has 106 valence electrons. The van der Waals surface area contributed by atoms with Crippen LogP contribution in [0.1, 0.15) is 5.56 Å². The lowest BCUT2D eigenvalue weighted by molar-refractivity contribution is -0.131. The van der Waals surface area contributed by atoms with Crippen molar-refractivity contribution in [3.63, 3.8) is 0 Å². The molecule has 21 heavy (non-hydrogen) atoms. The Balaban J connectivity index is 2.08. The number of aliphatic hydroxyl groups excluding tert-OH is 1. The first-order valence-corrected chi connectivity index (χ1v) is 6.13. The number of nitrogens with one attached hydrogen (secondary N) is 1. The van der Waals surface area contributed by atoms with Crippen LogP contribution in [0.3, 0.4) is 0 Å². The predicted octanol–water partition coefficient (Wildman–Crippen LogP) is 2.93. The van der Waals surface area contributed by atoms with Gasteiger partial charge in [-0.3, -0.25) is 9.59 Å². The second kappa shape index (κ2) is 6.47. The molecule has 2 aromatic carbocycles. The summed E-state index contributed by atoms with van der Waals surface area (Å²) in [5.74, 6) is -2.72. The van der Waals surface area contributed by atoms with E-state index < -0.39 is 17.5 Å². The van der Waals surface area contributed by atoms with Gasteiger partial charge in [-0.2, -0.15) is 0 Å². The molecule has 2 N–H and O–H groups in total. The summed E-state index contributed by atoms with van der Waals surface area (Å²) in [5.41, 5.74) is 0.588. The number of halogens is 1. The van der Waals surface area contributed by atoms with Gasteiger partial charge in [-0.05, 0) is 18.2 Å². The van der Waals surface area contributed by atoms with Crippen molar-refractivity contribution in [2.45, 2.75) is 0 Å². The summed E-state index contributed by atoms with van der Waals surface area (Å²) in [5, 5.41) is 12.0. The zero-order valence-electron chi connectivity index (χ0n) is 10.9. The Labute approximate surface area is 120 Å². The molecule has 0 aliphatic heterocycles. The quantitative estimate of drug-likeness (QED) is 0.515. The molecule has 0 saturated carbocycles. The molecule has 0 unspecified atom stereocenters. The predicted molar refractivity (Wildman–Crippen MR) is 77.1 cm³/mol. The number of amides is 1. The molecule has 2 aromatic rings. The highest BCUT2D eigenvalue weighted by atomic mass is 19.1. The fourth-order valence-corrected chi connectivity index (χ4v) is 1.64. The second-order valence-electron chi connectivity index (χ2n) is 4.22. The first kappa shape index (κ1) is 14.5. The average Bonchev–Trinajstić information content (AvgIpc) is 2.48. The van der Waals surface area contributed by atoms with Crippen LogP contribution >= 0.6 is 0 Å². The topological polar surface area (TPSA) is 66.4 Å². The highest BCUT2D eigenvalue weighted by molar-refractivity contribution is 6.45. The highest BCUT2D eigenvalue weighted by Gasteiger charge is 2.13. The zero-order valence-corrected chi connectivity index (χ0v) is 10.9. The van der Waals surface area contributed by atoms with Gasteiger partial charge in [0.1, 0.15) is 11.6 Å². The molecule has 2 rings (SSSR count). The van der Waals surface area contributed by atoms with Crippen LogP contribution in [0.25, 0.3) is 5.76 Å². The van der Waals surface area contributed by atoms with Crippen LogP contribution in [0.2, 0.25) is 0 Å². The molecule has 0 aromatic heterocycles. The number of carbonyl (C=O) groups excluding carboxylic acids is 2. The maximum Gasteiger partial charge on any atom is 0.296 e. The van der Waals surface area contributed by atoms with E-state index in [-0.39, 0.29) is 11.4 Å². The van der Waals surface area contributed by atoms with Crippen molar-refractivity contribution in [2.75, 3.05) is 5.32 Å². The summed E-state index contributed by atoms with van der Waals surface area (Å²) in [7, 11) is 0. The smallest absolute Gasteiger partial charge is 0.296 e. The van der Waals surface area contributed by atoms with E-state index in [1.807, 2.05) is 0 Å². The molecule has 0 atom stereocenters. The molecule has 0 aliphatic carbocycles. The number of anilines is 1. The lowest BCUT2D eigenvalue weighted by Crippen LogP contribution is -2.21. The van der Waals surface area contributed by atoms with E-state index in [2.05, 4.69) is 5.32 Å². The third-order valence-electron chi connectivity index (χ3n) is 2.64. The third kappa shape index (κ3) is 4.01. The Morgan fingerprint density at radius 3 is 2.43 bits per heavy atom. The molecule has 0 bridgehead atoms. The largest absolute Gasteiger partial charge is 0.507 e. The van der Waals surface area contributed by atoms with Crippen LogP contribution in [0.15, 0.2) is 60.7 Å². The Morgan fingerprint density at radius 1 is 1.05 bits per heavy atom. The number of hydrogen-bond donors (Lipinski definition) is 2. The average molecular weight is 285 g/mol. The van der Waals surface area contributed by atoms with Crippen LogP contribution < -0.4 is 5.32 Å². The van der Waals surface area contributed by atoms with E-state index in [4.69, 9.17) is 0 Å². The lowest BCUT2D eigenvalue weighted by atomic mass is 10.1. The van der Waals surface area contributed by atoms with Gasteiger partial charge in [0.2, 0.25) is 5.78 Å². The lowest BCUT2D eigenvalue weighted by Gasteiger charge is -2.03. The Hall–Kier alpha value is -2.95. The van der Waals surface area contributed by atoms with Crippen molar-refractivity contribution < 1.29 is 19.1 Å². The van der Waals surface area contributed by atoms with Crippen LogP contribution in [0.5, 0.6) is 0 Å². The number of rotatable bonds is 4. The van der Waals surface area contributed by atoms with Crippen LogP contribution in [-0.4, -0.2) is 16.8 Å². The molecule has 0 spiro atoms. The normalized spacial score (nSPS) is 11.0. The molecule has 0 radical (unpaired) electrons. The Morgan fingerprint density at radius 2 is 1.76 bits per heavy atom. The van der Waals surface area contributed by atoms with Gasteiger partial charge < -0.3 is 10.4 Å². The summed E-state index contributed by atoms with van der Waals surface area (Å²) in [4.78, 5) is 23.3. The van der Waals surface area contributed by atoms with Gasteiger partial charge >= 0.3 is 0 Å². The van der Waals surface area contributed by atoms with Gasteiger partial charge in [0.05, 0.1) is 0 Å². The van der Waals surface area contributed by atoms with E-state index in [1.54, 1.807) is 30.3 Å². The Bertz CT molecular complexity index is 696. The molecule has 4 nitrogen and oxygen atoms in total. The molecule has 0 heterocycles. The van der Waals surface area contributed by atoms with Gasteiger partial charge in [0.25, 0.3) is 5.91 Å². The van der Waals surface area contributed by atoms with E-state index in [0.717, 1.165) is 12.1 Å². The van der Waals surface area contributed by atoms with Crippen molar-refractivity contribution in [1.29, 1.82) is 0 Å². The van der Waals surface area contributed by atoms with Gasteiger partial charge in [-0.1, -0.05) is 36.4 Å². The molecular formula is C16H12FNO3. The van der Waals surface area contributed by atoms with Crippen molar-refractivity contribution in [1.82, 2.24) is 0 Å². The number of hydrogen-bond acceptors (Lipinski definition) is 3. The zero-order chi connectivity index (χ0) is 15.2. The maximum absolute atomic E-state index is 13.0. The van der Waals surface area contributed by atoms with Crippen LogP contribution in [0.4, 0.5) is 10.1 Å². The summed E-state index contributed by atoms with van der Waals surface area (Å²) >= 11 is 0. The fourth-order valence-electron chi connectivity index (χ4n) is 1.64. The number of ketones is 1. The minimum absolute atomic E-state index is 0.168. The van der Waals surface area contributed by atoms with Crippen molar-refractivity contribution in [2.24, 2.45) is 0 Å². The van der Waals surface area contributed by atoms with Gasteiger partial charge in [-0.25, -0.2) is 4.39 Å². The first-order chi connectivity index (χ1) is 10.1. The molecule has 1 amide bonds. The van der Waals surface area contributed by atoms with Crippen LogP contribution in [-0.2, 0) is 9.59 Å². The maximum atomic E-state index is 13.0. The van der Waals surface area contributed by atoms with Crippen molar-refractivity contribution in [3.8, 4) is 0 Å². The standard InChI is InChI=1S/C16H12FNO3/c17-12-7-4-8-13(9-12)18-16(21)15(20)10-14(19)11-5-2-1-3-6-11/h1-10,19H,(H,18,21)/b14-10-. The van der Waals surface area contributed by atoms with Gasteiger partial charge in [0, 0.05) is 17.3 Å². The van der Waals surface area contributed by atoms with E-state index in [9.17, 15) is 19.1 Å². The SMILES string of the molecule is O=C(/C=C(\O)c1ccccc1)C(=O)Nc1cccc(F)c1. The van der Waals surface area contributed by atoms with Crippen LogP contribution in [0, 0.1) is 5.82 Å². The monoisotopic (exact) mass is 285 g/mol. The minimum atomic E-state index is -0.955. The summed E-state index contributed by atoms with van der Waals surface area (Å²) < 4.78 is 13.0. The highest BCUT2D eigenvalue weighted by Crippen LogP contribution is 2.12. The molecule has 5 heteroatoms. The van der Waals surface area contributed by atoms with E-state index in [0.29, 0.717) is 5.56 Å². The minimum Gasteiger partial charge on any atom is -0.507 e. The van der Waals surface area contributed by atoms with Gasteiger partial charge in [-0.15, -0.1) is 0 Å². The fraction of sp³-hybridized carbons (Fsp3) is 0. The Kier molecular flexibility index (Phi) is 4.46. The summed E-state index contributed by atoms with van der Waals surface area (Å²) in [6, 6.07) is 13.5. The molecule has 0 aliphatic rings. The van der Waals surface area contributed by atoms with E-state index >= 15 is 0 Å². The summed E-state index contributed by atoms with van der Waals surface area (Å²) in [6.45, 7) is 0. The number of carbonyl (C=O) groups is 2. The van der Waals surface area contributed by atoms with Crippen molar-refractivity contribution in [3.05, 3.63) is 72.1 Å². The van der Waals surface area contributed by atoms with E-state index in [1.165, 1.54) is 18.2 Å². The molecule has 0 fully saturated rings. The summed E-state index contributed by atoms with van der Waals surface area (Å²) in [6.07, 6.45) is 0.823. The number of aliphatic hydroxyl groups is 1. The van der Waals surface area contributed by atoms with Crippen molar-refractivity contribution >= 4 is 23.1 Å². The van der Waals surface area contributed by atoms with Gasteiger partial charge in [0.15, 0.2) is 0 Å². The molecular weight excluding hydrogens is 273 g/mol.